The van der Waals surface area contributed by atoms with Crippen molar-refractivity contribution in [1.29, 1.82) is 0 Å². The Kier molecular flexibility index (Phi) is 4.91. The molecule has 24 heavy (non-hydrogen) atoms. The highest BCUT2D eigenvalue weighted by Crippen LogP contribution is 2.35. The van der Waals surface area contributed by atoms with Gasteiger partial charge in [0.15, 0.2) is 0 Å². The summed E-state index contributed by atoms with van der Waals surface area (Å²) in [5.41, 5.74) is -0.110. The number of nitrogens with zero attached hydrogens (tertiary/aromatic N) is 2. The molecule has 0 aliphatic heterocycles. The van der Waals surface area contributed by atoms with Gasteiger partial charge in [0.05, 0.1) is 4.92 Å². The first-order chi connectivity index (χ1) is 11.2. The molecule has 0 unspecified atom stereocenters. The molecule has 7 nitrogen and oxygen atoms in total. The normalized spacial score (nSPS) is 16.5. The van der Waals surface area contributed by atoms with E-state index < -0.39 is 22.3 Å². The number of likely N-dealkylation sites (N-methyl/N-ethyl adjacent to an activating group) is 1. The van der Waals surface area contributed by atoms with E-state index in [1.54, 1.807) is 19.9 Å². The molecule has 1 amide bonds. The van der Waals surface area contributed by atoms with Crippen LogP contribution in [0.1, 0.15) is 53.6 Å². The van der Waals surface area contributed by atoms with Crippen LogP contribution in [0, 0.1) is 24.0 Å². The SMILES string of the molecule is Cc1cc(C)c([N+](=O)[O-])cc1C(=O)N(C)C1(C(=O)O)CCCCC1. The van der Waals surface area contributed by atoms with Gasteiger partial charge < -0.3 is 10.0 Å². The average Bonchev–Trinajstić information content (AvgIpc) is 2.53. The van der Waals surface area contributed by atoms with Crippen molar-refractivity contribution >= 4 is 17.6 Å². The first-order valence-electron chi connectivity index (χ1n) is 7.98. The lowest BCUT2D eigenvalue weighted by Gasteiger charge is -2.41. The third-order valence-electron chi connectivity index (χ3n) is 5.00. The number of aliphatic carboxylic acids is 1. The van der Waals surface area contributed by atoms with Crippen molar-refractivity contribution in [1.82, 2.24) is 4.90 Å². The summed E-state index contributed by atoms with van der Waals surface area (Å²) in [5.74, 6) is -1.50. The Morgan fingerprint density at radius 2 is 1.75 bits per heavy atom. The summed E-state index contributed by atoms with van der Waals surface area (Å²) in [6.07, 6.45) is 3.25. The average molecular weight is 334 g/mol. The summed E-state index contributed by atoms with van der Waals surface area (Å²) in [5, 5.41) is 20.8. The Morgan fingerprint density at radius 3 is 2.25 bits per heavy atom. The minimum absolute atomic E-state index is 0.134. The second kappa shape index (κ2) is 6.59. The molecule has 1 aromatic carbocycles. The molecule has 1 aliphatic rings. The summed E-state index contributed by atoms with van der Waals surface area (Å²) in [6.45, 7) is 3.31. The van der Waals surface area contributed by atoms with E-state index in [9.17, 15) is 24.8 Å². The topological polar surface area (TPSA) is 101 Å². The quantitative estimate of drug-likeness (QED) is 0.673. The molecule has 1 N–H and O–H groups in total. The van der Waals surface area contributed by atoms with E-state index in [1.807, 2.05) is 0 Å². The molecular formula is C17H22N2O5. The Bertz CT molecular complexity index is 692. The number of hydrogen-bond acceptors (Lipinski definition) is 4. The van der Waals surface area contributed by atoms with Gasteiger partial charge in [-0.05, 0) is 38.3 Å². The molecular weight excluding hydrogens is 312 g/mol. The number of carboxylic acids is 1. The number of carbonyl (C=O) groups excluding carboxylic acids is 1. The predicted octanol–water partition coefficient (Wildman–Crippen LogP) is 3.07. The first-order valence-corrected chi connectivity index (χ1v) is 7.98. The highest BCUT2D eigenvalue weighted by atomic mass is 16.6. The molecule has 1 fully saturated rings. The minimum Gasteiger partial charge on any atom is -0.479 e. The summed E-state index contributed by atoms with van der Waals surface area (Å²) in [4.78, 5) is 36.6. The van der Waals surface area contributed by atoms with Gasteiger partial charge >= 0.3 is 5.97 Å². The number of carbonyl (C=O) groups is 2. The molecule has 0 radical (unpaired) electrons. The van der Waals surface area contributed by atoms with Gasteiger partial charge in [-0.25, -0.2) is 4.79 Å². The Labute approximate surface area is 140 Å². The van der Waals surface area contributed by atoms with Gasteiger partial charge in [-0.2, -0.15) is 0 Å². The summed E-state index contributed by atoms with van der Waals surface area (Å²) in [6, 6.07) is 2.84. The molecule has 0 bridgehead atoms. The van der Waals surface area contributed by atoms with Crippen molar-refractivity contribution in [3.8, 4) is 0 Å². The van der Waals surface area contributed by atoms with Crippen molar-refractivity contribution in [2.24, 2.45) is 0 Å². The smallest absolute Gasteiger partial charge is 0.329 e. The van der Waals surface area contributed by atoms with Crippen LogP contribution in [0.4, 0.5) is 5.69 Å². The second-order valence-electron chi connectivity index (χ2n) is 6.47. The van der Waals surface area contributed by atoms with Crippen LogP contribution in [0.25, 0.3) is 0 Å². The third kappa shape index (κ3) is 2.98. The standard InChI is InChI=1S/C17H22N2O5/c1-11-9-12(2)14(19(23)24)10-13(11)15(20)18(3)17(16(21)22)7-5-4-6-8-17/h9-10H,4-8H2,1-3H3,(H,21,22). The van der Waals surface area contributed by atoms with Crippen LogP contribution in [0.3, 0.4) is 0 Å². The largest absolute Gasteiger partial charge is 0.479 e. The number of nitro benzene ring substituents is 1. The van der Waals surface area contributed by atoms with Gasteiger partial charge in [0.2, 0.25) is 0 Å². The molecule has 7 heteroatoms. The van der Waals surface area contributed by atoms with Crippen molar-refractivity contribution in [3.63, 3.8) is 0 Å². The number of amides is 1. The zero-order chi connectivity index (χ0) is 18.1. The number of aryl methyl sites for hydroxylation is 2. The molecule has 0 atom stereocenters. The fourth-order valence-corrected chi connectivity index (χ4v) is 3.47. The number of hydrogen-bond donors (Lipinski definition) is 1. The molecule has 0 saturated heterocycles. The van der Waals surface area contributed by atoms with Gasteiger partial charge in [-0.3, -0.25) is 14.9 Å². The van der Waals surface area contributed by atoms with Crippen LogP contribution in [0.5, 0.6) is 0 Å². The van der Waals surface area contributed by atoms with Crippen LogP contribution in [-0.4, -0.2) is 39.4 Å². The maximum Gasteiger partial charge on any atom is 0.329 e. The van der Waals surface area contributed by atoms with Gasteiger partial charge in [0.25, 0.3) is 11.6 Å². The molecule has 0 spiro atoms. The fourth-order valence-electron chi connectivity index (χ4n) is 3.47. The maximum atomic E-state index is 12.9. The third-order valence-corrected chi connectivity index (χ3v) is 5.00. The molecule has 2 rings (SSSR count). The monoisotopic (exact) mass is 334 g/mol. The van der Waals surface area contributed by atoms with Crippen LogP contribution in [-0.2, 0) is 4.79 Å². The van der Waals surface area contributed by atoms with E-state index in [1.165, 1.54) is 18.0 Å². The van der Waals surface area contributed by atoms with E-state index in [4.69, 9.17) is 0 Å². The highest BCUT2D eigenvalue weighted by Gasteiger charge is 2.46. The number of rotatable bonds is 4. The number of carboxylic acid groups (broad SMARTS) is 1. The van der Waals surface area contributed by atoms with Crippen molar-refractivity contribution in [2.45, 2.75) is 51.5 Å². The van der Waals surface area contributed by atoms with E-state index in [2.05, 4.69) is 0 Å². The van der Waals surface area contributed by atoms with E-state index in [-0.39, 0.29) is 11.3 Å². The van der Waals surface area contributed by atoms with E-state index in [0.717, 1.165) is 19.3 Å². The molecule has 1 saturated carbocycles. The molecule has 1 aromatic rings. The predicted molar refractivity (Wildman–Crippen MR) is 88.1 cm³/mol. The van der Waals surface area contributed by atoms with Gasteiger partial charge in [0.1, 0.15) is 5.54 Å². The van der Waals surface area contributed by atoms with Crippen LogP contribution in [0.15, 0.2) is 12.1 Å². The first kappa shape index (κ1) is 17.9. The number of nitro groups is 1. The lowest BCUT2D eigenvalue weighted by Crippen LogP contribution is -2.56. The maximum absolute atomic E-state index is 12.9. The van der Waals surface area contributed by atoms with E-state index >= 15 is 0 Å². The zero-order valence-corrected chi connectivity index (χ0v) is 14.2. The molecule has 1 aliphatic carbocycles. The Hall–Kier alpha value is -2.44. The molecule has 0 aromatic heterocycles. The summed E-state index contributed by atoms with van der Waals surface area (Å²) in [7, 11) is 1.48. The van der Waals surface area contributed by atoms with Crippen molar-refractivity contribution in [3.05, 3.63) is 38.9 Å². The van der Waals surface area contributed by atoms with Crippen molar-refractivity contribution < 1.29 is 19.6 Å². The summed E-state index contributed by atoms with van der Waals surface area (Å²) < 4.78 is 0. The van der Waals surface area contributed by atoms with Crippen LogP contribution >= 0.6 is 0 Å². The zero-order valence-electron chi connectivity index (χ0n) is 14.2. The van der Waals surface area contributed by atoms with Crippen LogP contribution in [0.2, 0.25) is 0 Å². The Morgan fingerprint density at radius 1 is 1.17 bits per heavy atom. The highest BCUT2D eigenvalue weighted by molar-refractivity contribution is 5.99. The van der Waals surface area contributed by atoms with E-state index in [0.29, 0.717) is 24.0 Å². The fraction of sp³-hybridized carbons (Fsp3) is 0.529. The van der Waals surface area contributed by atoms with Crippen molar-refractivity contribution in [2.75, 3.05) is 7.05 Å². The number of benzene rings is 1. The van der Waals surface area contributed by atoms with Crippen LogP contribution < -0.4 is 0 Å². The molecule has 0 heterocycles. The van der Waals surface area contributed by atoms with Gasteiger partial charge in [-0.15, -0.1) is 0 Å². The van der Waals surface area contributed by atoms with Gasteiger partial charge in [-0.1, -0.05) is 19.3 Å². The summed E-state index contributed by atoms with van der Waals surface area (Å²) >= 11 is 0. The molecule has 130 valence electrons. The lowest BCUT2D eigenvalue weighted by molar-refractivity contribution is -0.385. The minimum atomic E-state index is -1.23. The lowest BCUT2D eigenvalue weighted by atomic mass is 9.80. The Balaban J connectivity index is 2.45. The van der Waals surface area contributed by atoms with Gasteiger partial charge in [0, 0.05) is 24.2 Å². The second-order valence-corrected chi connectivity index (χ2v) is 6.47.